The van der Waals surface area contributed by atoms with Crippen LogP contribution in [0.5, 0.6) is 0 Å². The zero-order valence-corrected chi connectivity index (χ0v) is 14.7. The fourth-order valence-electron chi connectivity index (χ4n) is 3.05. The predicted octanol–water partition coefficient (Wildman–Crippen LogP) is 3.35. The number of pyridine rings is 2. The Bertz CT molecular complexity index is 1040. The van der Waals surface area contributed by atoms with Crippen LogP contribution in [0.25, 0.3) is 11.3 Å². The van der Waals surface area contributed by atoms with Crippen LogP contribution in [0.3, 0.4) is 0 Å². The van der Waals surface area contributed by atoms with Crippen LogP contribution in [-0.4, -0.2) is 25.3 Å². The average molecular weight is 342 g/mol. The molecule has 0 spiro atoms. The summed E-state index contributed by atoms with van der Waals surface area (Å²) in [6.45, 7) is 3.98. The molecule has 5 nitrogen and oxygen atoms in total. The number of aryl methyl sites for hydroxylation is 1. The van der Waals surface area contributed by atoms with Gasteiger partial charge in [0.2, 0.25) is 0 Å². The Morgan fingerprint density at radius 2 is 2.12 bits per heavy atom. The zero-order chi connectivity index (χ0) is 18.1. The zero-order valence-electron chi connectivity index (χ0n) is 14.7. The van der Waals surface area contributed by atoms with Gasteiger partial charge in [0, 0.05) is 41.2 Å². The van der Waals surface area contributed by atoms with Crippen LogP contribution in [0.2, 0.25) is 0 Å². The third-order valence-electron chi connectivity index (χ3n) is 4.67. The van der Waals surface area contributed by atoms with Crippen LogP contribution in [-0.2, 0) is 6.42 Å². The minimum Gasteiger partial charge on any atom is -0.294 e. The van der Waals surface area contributed by atoms with E-state index in [9.17, 15) is 4.79 Å². The van der Waals surface area contributed by atoms with E-state index < -0.39 is 0 Å². The van der Waals surface area contributed by atoms with Gasteiger partial charge < -0.3 is 0 Å². The van der Waals surface area contributed by atoms with E-state index in [0.717, 1.165) is 35.4 Å². The number of aromatic nitrogens is 4. The number of carbonyl (C=O) groups excluding carboxylic acids is 1. The first kappa shape index (κ1) is 16.2. The number of fused-ring (bicyclic) bond motifs is 1. The van der Waals surface area contributed by atoms with E-state index in [1.165, 1.54) is 0 Å². The number of nitrogens with zero attached hydrogens (tertiary/aromatic N) is 4. The highest BCUT2D eigenvalue weighted by molar-refractivity contribution is 6.01. The third kappa shape index (κ3) is 3.02. The summed E-state index contributed by atoms with van der Waals surface area (Å²) in [6, 6.07) is 10.5. The summed E-state index contributed by atoms with van der Waals surface area (Å²) in [5.74, 6) is 3.21. The normalized spacial score (nSPS) is 15.1. The van der Waals surface area contributed by atoms with Crippen LogP contribution >= 0.6 is 0 Å². The summed E-state index contributed by atoms with van der Waals surface area (Å²) in [4.78, 5) is 25.5. The highest BCUT2D eigenvalue weighted by atomic mass is 16.1. The summed E-state index contributed by atoms with van der Waals surface area (Å²) >= 11 is 0. The van der Waals surface area contributed by atoms with E-state index in [1.807, 2.05) is 44.3 Å². The molecule has 3 aromatic rings. The molecule has 0 aromatic carbocycles. The highest BCUT2D eigenvalue weighted by Crippen LogP contribution is 2.33. The van der Waals surface area contributed by atoms with Crippen LogP contribution in [0.4, 0.5) is 0 Å². The second-order valence-electron chi connectivity index (χ2n) is 7.05. The van der Waals surface area contributed by atoms with E-state index in [4.69, 9.17) is 0 Å². The Morgan fingerprint density at radius 1 is 1.23 bits per heavy atom. The molecule has 0 atom stereocenters. The molecule has 4 rings (SSSR count). The van der Waals surface area contributed by atoms with Gasteiger partial charge in [-0.05, 0) is 43.0 Å². The lowest BCUT2D eigenvalue weighted by molar-refractivity contribution is 0.0809. The average Bonchev–Trinajstić information content (AvgIpc) is 3.13. The van der Waals surface area contributed by atoms with Gasteiger partial charge in [-0.15, -0.1) is 0 Å². The van der Waals surface area contributed by atoms with Crippen molar-refractivity contribution in [2.45, 2.75) is 26.7 Å². The molecule has 1 aliphatic carbocycles. The molecule has 0 amide bonds. The van der Waals surface area contributed by atoms with E-state index in [2.05, 4.69) is 26.9 Å². The Morgan fingerprint density at radius 3 is 2.92 bits per heavy atom. The molecule has 0 saturated carbocycles. The van der Waals surface area contributed by atoms with Crippen LogP contribution < -0.4 is 0 Å². The van der Waals surface area contributed by atoms with E-state index in [0.29, 0.717) is 5.69 Å². The van der Waals surface area contributed by atoms with E-state index in [-0.39, 0.29) is 11.2 Å². The molecule has 0 aliphatic heterocycles. The molecule has 0 radical (unpaired) electrons. The van der Waals surface area contributed by atoms with Crippen LogP contribution in [0.15, 0.2) is 49.2 Å². The van der Waals surface area contributed by atoms with Crippen molar-refractivity contribution in [2.75, 3.05) is 0 Å². The number of imidazole rings is 1. The van der Waals surface area contributed by atoms with E-state index >= 15 is 0 Å². The maximum Gasteiger partial charge on any atom is 0.170 e. The number of carbonyl (C=O) groups is 1. The number of hydrogen-bond donors (Lipinski definition) is 0. The lowest BCUT2D eigenvalue weighted by atomic mass is 9.75. The van der Waals surface area contributed by atoms with Gasteiger partial charge in [0.15, 0.2) is 5.78 Å². The largest absolute Gasteiger partial charge is 0.294 e. The molecule has 0 bridgehead atoms. The van der Waals surface area contributed by atoms with Crippen LogP contribution in [0, 0.1) is 17.4 Å². The van der Waals surface area contributed by atoms with Crippen molar-refractivity contribution in [2.24, 2.45) is 5.41 Å². The maximum absolute atomic E-state index is 12.5. The SMILES string of the molecule is CC1(C)CCc2nc(C#Cn3cnc(-c4cccnc4)c3)ccc2C1=O. The van der Waals surface area contributed by atoms with Gasteiger partial charge in [-0.2, -0.15) is 0 Å². The Kier molecular flexibility index (Phi) is 3.89. The van der Waals surface area contributed by atoms with Gasteiger partial charge >= 0.3 is 0 Å². The van der Waals surface area contributed by atoms with Crippen molar-refractivity contribution in [3.05, 3.63) is 66.1 Å². The Balaban J connectivity index is 1.58. The van der Waals surface area contributed by atoms with Crippen molar-refractivity contribution in [3.63, 3.8) is 0 Å². The summed E-state index contributed by atoms with van der Waals surface area (Å²) < 4.78 is 1.71. The number of Topliss-reactive ketones (excluding diaryl/α,β-unsaturated/α-hetero) is 1. The molecule has 0 fully saturated rings. The van der Waals surface area contributed by atoms with Crippen molar-refractivity contribution in [1.29, 1.82) is 0 Å². The first-order valence-corrected chi connectivity index (χ1v) is 8.54. The molecule has 26 heavy (non-hydrogen) atoms. The second-order valence-corrected chi connectivity index (χ2v) is 7.05. The highest BCUT2D eigenvalue weighted by Gasteiger charge is 2.34. The fourth-order valence-corrected chi connectivity index (χ4v) is 3.05. The fraction of sp³-hybridized carbons (Fsp3) is 0.238. The first-order chi connectivity index (χ1) is 12.5. The topological polar surface area (TPSA) is 60.7 Å². The molecule has 3 heterocycles. The number of rotatable bonds is 1. The lowest BCUT2D eigenvalue weighted by Gasteiger charge is -2.28. The van der Waals surface area contributed by atoms with Crippen molar-refractivity contribution < 1.29 is 4.79 Å². The lowest BCUT2D eigenvalue weighted by Crippen LogP contribution is -2.31. The first-order valence-electron chi connectivity index (χ1n) is 8.54. The van der Waals surface area contributed by atoms with Gasteiger partial charge in [-0.25, -0.2) is 9.97 Å². The number of hydrogen-bond acceptors (Lipinski definition) is 4. The van der Waals surface area contributed by atoms with Gasteiger partial charge in [0.1, 0.15) is 12.0 Å². The summed E-state index contributed by atoms with van der Waals surface area (Å²) in [5.41, 5.74) is 3.70. The molecule has 0 N–H and O–H groups in total. The molecule has 0 saturated heterocycles. The molecule has 5 heteroatoms. The molecule has 128 valence electrons. The third-order valence-corrected chi connectivity index (χ3v) is 4.67. The van der Waals surface area contributed by atoms with Gasteiger partial charge in [-0.1, -0.05) is 13.8 Å². The molecule has 3 aromatic heterocycles. The van der Waals surface area contributed by atoms with Gasteiger partial charge in [0.25, 0.3) is 0 Å². The molecule has 1 aliphatic rings. The molecular weight excluding hydrogens is 324 g/mol. The standard InChI is InChI=1S/C21H18N4O/c1-21(2)9-7-18-17(20(21)26)6-5-16(24-18)8-11-25-13-19(23-14-25)15-4-3-10-22-12-15/h3-6,10,12-14H,7,9H2,1-2H3. The molecular formula is C21H18N4O. The number of ketones is 1. The van der Waals surface area contributed by atoms with Gasteiger partial charge in [-0.3, -0.25) is 14.3 Å². The monoisotopic (exact) mass is 342 g/mol. The summed E-state index contributed by atoms with van der Waals surface area (Å²) in [7, 11) is 0. The maximum atomic E-state index is 12.5. The Labute approximate surface area is 152 Å². The predicted molar refractivity (Wildman–Crippen MR) is 98.4 cm³/mol. The second kappa shape index (κ2) is 6.23. The van der Waals surface area contributed by atoms with Crippen molar-refractivity contribution in [1.82, 2.24) is 19.5 Å². The summed E-state index contributed by atoms with van der Waals surface area (Å²) in [6.07, 6.45) is 8.64. The minimum atomic E-state index is -0.304. The quantitative estimate of drug-likeness (QED) is 0.636. The van der Waals surface area contributed by atoms with E-state index in [1.54, 1.807) is 23.3 Å². The van der Waals surface area contributed by atoms with Crippen LogP contribution in [0.1, 0.15) is 42.0 Å². The smallest absolute Gasteiger partial charge is 0.170 e. The van der Waals surface area contributed by atoms with Gasteiger partial charge in [0.05, 0.1) is 11.4 Å². The minimum absolute atomic E-state index is 0.168. The summed E-state index contributed by atoms with van der Waals surface area (Å²) in [5, 5.41) is 0. The van der Waals surface area contributed by atoms with Crippen molar-refractivity contribution >= 4 is 5.78 Å². The Hall–Kier alpha value is -3.26. The molecule has 0 unspecified atom stereocenters. The van der Waals surface area contributed by atoms with Crippen molar-refractivity contribution in [3.8, 4) is 23.2 Å².